The summed E-state index contributed by atoms with van der Waals surface area (Å²) in [6.07, 6.45) is 0. The molecule has 2 atom stereocenters. The third-order valence-corrected chi connectivity index (χ3v) is 3.60. The second-order valence-corrected chi connectivity index (χ2v) is 5.19. The van der Waals surface area contributed by atoms with Gasteiger partial charge < -0.3 is 9.80 Å². The lowest BCUT2D eigenvalue weighted by molar-refractivity contribution is 0.0876. The molecule has 0 bridgehead atoms. The van der Waals surface area contributed by atoms with Crippen molar-refractivity contribution in [2.24, 2.45) is 0 Å². The van der Waals surface area contributed by atoms with Gasteiger partial charge in [-0.25, -0.2) is 0 Å². The molecule has 2 fully saturated rings. The molecule has 4 nitrogen and oxygen atoms in total. The van der Waals surface area contributed by atoms with Crippen molar-refractivity contribution in [1.29, 1.82) is 0 Å². The van der Waals surface area contributed by atoms with E-state index in [4.69, 9.17) is 0 Å². The number of nitrogens with zero attached hydrogens (tertiary/aromatic N) is 2. The first-order valence-electron chi connectivity index (χ1n) is 6.30. The van der Waals surface area contributed by atoms with Gasteiger partial charge in [0.1, 0.15) is 0 Å². The fourth-order valence-corrected chi connectivity index (χ4v) is 2.16. The zero-order valence-electron chi connectivity index (χ0n) is 10.6. The maximum Gasteiger partial charge on any atom is 0.254 e. The van der Waals surface area contributed by atoms with Crippen molar-refractivity contribution in [3.05, 3.63) is 35.4 Å². The number of benzene rings is 1. The van der Waals surface area contributed by atoms with Crippen molar-refractivity contribution in [2.45, 2.75) is 25.9 Å². The van der Waals surface area contributed by atoms with E-state index in [0.29, 0.717) is 23.2 Å². The maximum atomic E-state index is 12.0. The lowest BCUT2D eigenvalue weighted by Crippen LogP contribution is -2.16. The molecule has 0 spiro atoms. The van der Waals surface area contributed by atoms with Crippen LogP contribution in [0.2, 0.25) is 0 Å². The molecule has 2 saturated heterocycles. The quantitative estimate of drug-likeness (QED) is 0.737. The second kappa shape index (κ2) is 3.83. The van der Waals surface area contributed by atoms with Crippen LogP contribution in [0.3, 0.4) is 0 Å². The molecular formula is C14H16N2O2. The standard InChI is InChI=1S/C14H16N2O2/c1-9-7-15(9)13(17)11-4-3-5-12(6-11)14(18)16-8-10(16)2/h3-6,9-10H,7-8H2,1-2H3/t9-,10?,15?,16?/m1/s1. The minimum atomic E-state index is 0.0241. The lowest BCUT2D eigenvalue weighted by Gasteiger charge is -2.06. The first kappa shape index (κ1) is 11.3. The van der Waals surface area contributed by atoms with Crippen LogP contribution in [0.15, 0.2) is 24.3 Å². The Morgan fingerprint density at radius 3 is 1.72 bits per heavy atom. The van der Waals surface area contributed by atoms with Crippen LogP contribution < -0.4 is 0 Å². The number of rotatable bonds is 2. The monoisotopic (exact) mass is 244 g/mol. The number of hydrogen-bond donors (Lipinski definition) is 0. The van der Waals surface area contributed by atoms with E-state index in [0.717, 1.165) is 13.1 Å². The molecule has 0 aromatic heterocycles. The molecule has 2 aliphatic heterocycles. The summed E-state index contributed by atoms with van der Waals surface area (Å²) in [5.74, 6) is 0.0481. The minimum absolute atomic E-state index is 0.0241. The van der Waals surface area contributed by atoms with Crippen LogP contribution in [0.25, 0.3) is 0 Å². The van der Waals surface area contributed by atoms with Gasteiger partial charge in [-0.05, 0) is 32.0 Å². The Labute approximate surface area is 106 Å². The molecule has 2 aliphatic rings. The molecule has 0 aliphatic carbocycles. The SMILES string of the molecule is CC1CN1C(=O)c1cccc(C(=O)N2C[C@H]2C)c1. The van der Waals surface area contributed by atoms with Gasteiger partial charge in [0.15, 0.2) is 0 Å². The third kappa shape index (κ3) is 1.88. The second-order valence-electron chi connectivity index (χ2n) is 5.19. The largest absolute Gasteiger partial charge is 0.332 e. The summed E-state index contributed by atoms with van der Waals surface area (Å²) < 4.78 is 0. The minimum Gasteiger partial charge on any atom is -0.332 e. The number of hydrogen-bond acceptors (Lipinski definition) is 2. The highest BCUT2D eigenvalue weighted by Gasteiger charge is 2.36. The highest BCUT2D eigenvalue weighted by Crippen LogP contribution is 2.23. The van der Waals surface area contributed by atoms with E-state index in [1.165, 1.54) is 0 Å². The maximum absolute atomic E-state index is 12.0. The van der Waals surface area contributed by atoms with E-state index in [1.54, 1.807) is 34.1 Å². The van der Waals surface area contributed by atoms with E-state index in [9.17, 15) is 9.59 Å². The molecule has 3 rings (SSSR count). The highest BCUT2D eigenvalue weighted by atomic mass is 16.2. The molecule has 4 heteroatoms. The van der Waals surface area contributed by atoms with Crippen LogP contribution in [-0.4, -0.2) is 46.8 Å². The van der Waals surface area contributed by atoms with Crippen LogP contribution in [0.1, 0.15) is 34.6 Å². The van der Waals surface area contributed by atoms with Crippen molar-refractivity contribution in [2.75, 3.05) is 13.1 Å². The average molecular weight is 244 g/mol. The molecule has 2 amide bonds. The molecule has 94 valence electrons. The van der Waals surface area contributed by atoms with E-state index < -0.39 is 0 Å². The number of carbonyl (C=O) groups excluding carboxylic acids is 2. The van der Waals surface area contributed by atoms with Gasteiger partial charge in [-0.1, -0.05) is 6.07 Å². The van der Waals surface area contributed by atoms with Crippen LogP contribution >= 0.6 is 0 Å². The zero-order valence-corrected chi connectivity index (χ0v) is 10.6. The van der Waals surface area contributed by atoms with E-state index >= 15 is 0 Å². The Bertz CT molecular complexity index is 483. The summed E-state index contributed by atoms with van der Waals surface area (Å²) in [4.78, 5) is 27.7. The van der Waals surface area contributed by atoms with Crippen LogP contribution in [0, 0.1) is 0 Å². The highest BCUT2D eigenvalue weighted by molar-refractivity contribution is 6.01. The summed E-state index contributed by atoms with van der Waals surface area (Å²) in [5, 5.41) is 0. The molecule has 0 saturated carbocycles. The first-order valence-corrected chi connectivity index (χ1v) is 6.30. The number of amides is 2. The Balaban J connectivity index is 1.80. The van der Waals surface area contributed by atoms with Crippen LogP contribution in [0.4, 0.5) is 0 Å². The third-order valence-electron chi connectivity index (χ3n) is 3.60. The van der Waals surface area contributed by atoms with E-state index in [2.05, 4.69) is 0 Å². The van der Waals surface area contributed by atoms with Crippen molar-refractivity contribution >= 4 is 11.8 Å². The van der Waals surface area contributed by atoms with Crippen molar-refractivity contribution in [3.63, 3.8) is 0 Å². The molecule has 1 aromatic rings. The fourth-order valence-electron chi connectivity index (χ4n) is 2.16. The molecule has 2 heterocycles. The predicted molar refractivity (Wildman–Crippen MR) is 67.4 cm³/mol. The van der Waals surface area contributed by atoms with Crippen molar-refractivity contribution < 1.29 is 9.59 Å². The average Bonchev–Trinajstić information content (AvgIpc) is 3.27. The van der Waals surface area contributed by atoms with Gasteiger partial charge in [-0.15, -0.1) is 0 Å². The Morgan fingerprint density at radius 2 is 1.39 bits per heavy atom. The molecule has 1 aromatic carbocycles. The molecule has 0 radical (unpaired) electrons. The number of carbonyl (C=O) groups is 2. The van der Waals surface area contributed by atoms with E-state index in [-0.39, 0.29) is 11.8 Å². The molecule has 18 heavy (non-hydrogen) atoms. The van der Waals surface area contributed by atoms with Gasteiger partial charge in [0, 0.05) is 36.3 Å². The summed E-state index contributed by atoms with van der Waals surface area (Å²) in [5.41, 5.74) is 1.22. The summed E-state index contributed by atoms with van der Waals surface area (Å²) in [6.45, 7) is 5.68. The zero-order chi connectivity index (χ0) is 12.9. The smallest absolute Gasteiger partial charge is 0.254 e. The van der Waals surface area contributed by atoms with Gasteiger partial charge in [0.2, 0.25) is 0 Å². The first-order chi connectivity index (χ1) is 8.58. The topological polar surface area (TPSA) is 40.2 Å². The Kier molecular flexibility index (Phi) is 2.40. The lowest BCUT2D eigenvalue weighted by atomic mass is 10.1. The van der Waals surface area contributed by atoms with Crippen LogP contribution in [-0.2, 0) is 0 Å². The van der Waals surface area contributed by atoms with Gasteiger partial charge in [-0.2, -0.15) is 0 Å². The fraction of sp³-hybridized carbons (Fsp3) is 0.429. The molecule has 0 N–H and O–H groups in total. The summed E-state index contributed by atoms with van der Waals surface area (Å²) >= 11 is 0. The molecule has 1 unspecified atom stereocenters. The predicted octanol–water partition coefficient (Wildman–Crippen LogP) is 1.38. The Hall–Kier alpha value is -1.84. The normalized spacial score (nSPS) is 25.0. The molecular weight excluding hydrogens is 228 g/mol. The summed E-state index contributed by atoms with van der Waals surface area (Å²) in [6, 6.07) is 7.71. The van der Waals surface area contributed by atoms with Gasteiger partial charge in [0.05, 0.1) is 0 Å². The summed E-state index contributed by atoms with van der Waals surface area (Å²) in [7, 11) is 0. The van der Waals surface area contributed by atoms with Gasteiger partial charge in [-0.3, -0.25) is 9.59 Å². The van der Waals surface area contributed by atoms with Crippen molar-refractivity contribution in [1.82, 2.24) is 9.80 Å². The van der Waals surface area contributed by atoms with Gasteiger partial charge in [0.25, 0.3) is 11.8 Å². The van der Waals surface area contributed by atoms with Gasteiger partial charge >= 0.3 is 0 Å². The Morgan fingerprint density at radius 1 is 1.00 bits per heavy atom. The van der Waals surface area contributed by atoms with E-state index in [1.807, 2.05) is 13.8 Å². The van der Waals surface area contributed by atoms with Crippen molar-refractivity contribution in [3.8, 4) is 0 Å². The van der Waals surface area contributed by atoms with Crippen LogP contribution in [0.5, 0.6) is 0 Å².